The van der Waals surface area contributed by atoms with Gasteiger partial charge >= 0.3 is 0 Å². The van der Waals surface area contributed by atoms with Crippen LogP contribution in [0.15, 0.2) is 41.3 Å². The third kappa shape index (κ3) is 6.97. The van der Waals surface area contributed by atoms with Crippen molar-refractivity contribution in [3.8, 4) is 0 Å². The standard InChI is InChI=1S/C23H31N5O5S/c1-15(2)12-20(28-34(32,33)18-9-4-3-5-10-18)22(30)25-19-14-17-13-16(26-27-17)8-6-7-11-24-23(31)21(19)29/h3-5,9-10,13,15,19-20,28H,6-8,11-12,14H2,1-2H3,(H,24,31)(H,25,30)(H,26,27). The number of hydrogen-bond acceptors (Lipinski definition) is 6. The number of sulfonamides is 1. The third-order valence-electron chi connectivity index (χ3n) is 5.48. The van der Waals surface area contributed by atoms with E-state index in [9.17, 15) is 22.8 Å². The molecule has 2 bridgehead atoms. The maximum Gasteiger partial charge on any atom is 0.289 e. The van der Waals surface area contributed by atoms with Gasteiger partial charge in [-0.05, 0) is 49.8 Å². The van der Waals surface area contributed by atoms with E-state index in [0.717, 1.165) is 18.5 Å². The molecule has 0 radical (unpaired) electrons. The summed E-state index contributed by atoms with van der Waals surface area (Å²) in [6, 6.07) is 7.26. The quantitative estimate of drug-likeness (QED) is 0.424. The van der Waals surface area contributed by atoms with Crippen LogP contribution >= 0.6 is 0 Å². The van der Waals surface area contributed by atoms with Gasteiger partial charge in [0.1, 0.15) is 12.1 Å². The molecule has 2 aromatic rings. The number of nitrogens with zero attached hydrogens (tertiary/aromatic N) is 1. The Balaban J connectivity index is 1.82. The van der Waals surface area contributed by atoms with Crippen LogP contribution in [0.2, 0.25) is 0 Å². The van der Waals surface area contributed by atoms with Gasteiger partial charge in [0.15, 0.2) is 0 Å². The first-order chi connectivity index (χ1) is 16.2. The van der Waals surface area contributed by atoms with Gasteiger partial charge in [0.25, 0.3) is 5.91 Å². The van der Waals surface area contributed by atoms with Crippen LogP contribution in [0.25, 0.3) is 0 Å². The van der Waals surface area contributed by atoms with Crippen molar-refractivity contribution in [3.05, 3.63) is 47.8 Å². The molecule has 184 valence electrons. The summed E-state index contributed by atoms with van der Waals surface area (Å²) in [6.45, 7) is 4.06. The lowest BCUT2D eigenvalue weighted by Gasteiger charge is -2.23. The number of rotatable bonds is 7. The van der Waals surface area contributed by atoms with E-state index in [1.54, 1.807) is 18.2 Å². The van der Waals surface area contributed by atoms with E-state index in [0.29, 0.717) is 18.7 Å². The molecule has 0 spiro atoms. The fourth-order valence-electron chi connectivity index (χ4n) is 3.76. The van der Waals surface area contributed by atoms with Crippen molar-refractivity contribution in [3.63, 3.8) is 0 Å². The smallest absolute Gasteiger partial charge is 0.289 e. The van der Waals surface area contributed by atoms with Crippen LogP contribution in [0.5, 0.6) is 0 Å². The molecular formula is C23H31N5O5S. The number of aromatic amines is 1. The van der Waals surface area contributed by atoms with Gasteiger partial charge in [-0.2, -0.15) is 9.82 Å². The summed E-state index contributed by atoms with van der Waals surface area (Å²) in [4.78, 5) is 38.5. The maximum absolute atomic E-state index is 13.2. The summed E-state index contributed by atoms with van der Waals surface area (Å²) in [7, 11) is -3.97. The number of aryl methyl sites for hydroxylation is 1. The second kappa shape index (κ2) is 11.4. The minimum atomic E-state index is -3.97. The molecule has 1 aliphatic heterocycles. The lowest BCUT2D eigenvalue weighted by atomic mass is 10.0. The first-order valence-corrected chi connectivity index (χ1v) is 12.9. The number of nitrogens with one attached hydrogen (secondary N) is 4. The second-order valence-corrected chi connectivity index (χ2v) is 10.6. The predicted molar refractivity (Wildman–Crippen MR) is 125 cm³/mol. The minimum Gasteiger partial charge on any atom is -0.349 e. The molecule has 2 heterocycles. The number of aromatic nitrogens is 2. The van der Waals surface area contributed by atoms with Crippen LogP contribution in [0.4, 0.5) is 0 Å². The number of carbonyl (C=O) groups is 3. The average molecular weight is 490 g/mol. The van der Waals surface area contributed by atoms with Gasteiger partial charge < -0.3 is 10.6 Å². The molecule has 1 aromatic carbocycles. The number of amides is 2. The summed E-state index contributed by atoms with van der Waals surface area (Å²) >= 11 is 0. The topological polar surface area (TPSA) is 150 Å². The van der Waals surface area contributed by atoms with Crippen molar-refractivity contribution in [2.45, 2.75) is 62.9 Å². The Labute approximate surface area is 199 Å². The summed E-state index contributed by atoms with van der Waals surface area (Å²) in [5.41, 5.74) is 1.44. The first kappa shape index (κ1) is 25.6. The van der Waals surface area contributed by atoms with Crippen molar-refractivity contribution in [1.29, 1.82) is 0 Å². The SMILES string of the molecule is CC(C)CC(NS(=O)(=O)c1ccccc1)C(=O)NC1Cc2cc(n[nH]2)CCCCNC(=O)C1=O. The van der Waals surface area contributed by atoms with Gasteiger partial charge in [0.05, 0.1) is 10.6 Å². The second-order valence-electron chi connectivity index (χ2n) is 8.84. The molecule has 1 aromatic heterocycles. The molecule has 2 unspecified atom stereocenters. The number of H-pyrrole nitrogens is 1. The molecule has 0 fully saturated rings. The zero-order valence-corrected chi connectivity index (χ0v) is 20.2. The number of ketones is 1. The highest BCUT2D eigenvalue weighted by Crippen LogP contribution is 2.14. The Bertz CT molecular complexity index is 1110. The molecular weight excluding hydrogens is 458 g/mol. The van der Waals surface area contributed by atoms with E-state index in [1.807, 2.05) is 19.9 Å². The van der Waals surface area contributed by atoms with Crippen LogP contribution in [-0.4, -0.2) is 54.8 Å². The van der Waals surface area contributed by atoms with E-state index in [4.69, 9.17) is 0 Å². The molecule has 1 aliphatic rings. The van der Waals surface area contributed by atoms with Crippen molar-refractivity contribution < 1.29 is 22.8 Å². The van der Waals surface area contributed by atoms with E-state index in [-0.39, 0.29) is 23.7 Å². The van der Waals surface area contributed by atoms with Crippen LogP contribution in [-0.2, 0) is 37.2 Å². The number of hydrogen-bond donors (Lipinski definition) is 4. The summed E-state index contributed by atoms with van der Waals surface area (Å²) in [5.74, 6) is -2.26. The summed E-state index contributed by atoms with van der Waals surface area (Å²) < 4.78 is 28.1. The van der Waals surface area contributed by atoms with Gasteiger partial charge in [-0.15, -0.1) is 0 Å². The zero-order valence-electron chi connectivity index (χ0n) is 19.3. The lowest BCUT2D eigenvalue weighted by Crippen LogP contribution is -2.54. The molecule has 11 heteroatoms. The highest BCUT2D eigenvalue weighted by molar-refractivity contribution is 7.89. The van der Waals surface area contributed by atoms with Crippen LogP contribution < -0.4 is 15.4 Å². The maximum atomic E-state index is 13.2. The van der Waals surface area contributed by atoms with Crippen LogP contribution in [0.3, 0.4) is 0 Å². The van der Waals surface area contributed by atoms with Crippen molar-refractivity contribution in [2.75, 3.05) is 6.54 Å². The number of Topliss-reactive ketones (excluding diaryl/α,β-unsaturated/α-hetero) is 1. The summed E-state index contributed by atoms with van der Waals surface area (Å²) in [5, 5.41) is 12.3. The van der Waals surface area contributed by atoms with Crippen molar-refractivity contribution in [2.24, 2.45) is 5.92 Å². The fourth-order valence-corrected chi connectivity index (χ4v) is 4.99. The number of benzene rings is 1. The molecule has 10 nitrogen and oxygen atoms in total. The van der Waals surface area contributed by atoms with E-state index >= 15 is 0 Å². The van der Waals surface area contributed by atoms with Gasteiger partial charge in [0, 0.05) is 18.7 Å². The average Bonchev–Trinajstić information content (AvgIpc) is 3.24. The Morgan fingerprint density at radius 2 is 1.91 bits per heavy atom. The molecule has 0 saturated heterocycles. The summed E-state index contributed by atoms with van der Waals surface area (Å²) in [6.07, 6.45) is 2.48. The Hall–Kier alpha value is -3.05. The molecule has 34 heavy (non-hydrogen) atoms. The normalized spacial score (nSPS) is 18.5. The van der Waals surface area contributed by atoms with Gasteiger partial charge in [-0.3, -0.25) is 19.5 Å². The monoisotopic (exact) mass is 489 g/mol. The van der Waals surface area contributed by atoms with Crippen LogP contribution in [0.1, 0.15) is 44.5 Å². The Kier molecular flexibility index (Phi) is 8.56. The molecule has 0 saturated carbocycles. The van der Waals surface area contributed by atoms with Crippen molar-refractivity contribution in [1.82, 2.24) is 25.6 Å². The number of carbonyl (C=O) groups excluding carboxylic acids is 3. The molecule has 4 N–H and O–H groups in total. The van der Waals surface area contributed by atoms with Gasteiger partial charge in [0.2, 0.25) is 21.7 Å². The number of fused-ring (bicyclic) bond motifs is 2. The largest absolute Gasteiger partial charge is 0.349 e. The first-order valence-electron chi connectivity index (χ1n) is 11.4. The molecule has 2 amide bonds. The molecule has 0 aliphatic carbocycles. The molecule has 3 rings (SSSR count). The van der Waals surface area contributed by atoms with E-state index in [2.05, 4.69) is 25.6 Å². The van der Waals surface area contributed by atoms with Gasteiger partial charge in [-0.1, -0.05) is 32.0 Å². The fraction of sp³-hybridized carbons (Fsp3) is 0.478. The van der Waals surface area contributed by atoms with Crippen molar-refractivity contribution >= 4 is 27.6 Å². The lowest BCUT2D eigenvalue weighted by molar-refractivity contribution is -0.140. The third-order valence-corrected chi connectivity index (χ3v) is 6.97. The van der Waals surface area contributed by atoms with Crippen LogP contribution in [0, 0.1) is 5.92 Å². The predicted octanol–water partition coefficient (Wildman–Crippen LogP) is 0.852. The highest BCUT2D eigenvalue weighted by Gasteiger charge is 2.32. The highest BCUT2D eigenvalue weighted by atomic mass is 32.2. The zero-order chi connectivity index (χ0) is 24.7. The van der Waals surface area contributed by atoms with Gasteiger partial charge in [-0.25, -0.2) is 8.42 Å². The minimum absolute atomic E-state index is 0.0142. The Morgan fingerprint density at radius 1 is 1.18 bits per heavy atom. The molecule has 2 atom stereocenters. The Morgan fingerprint density at radius 3 is 2.62 bits per heavy atom. The van der Waals surface area contributed by atoms with E-state index in [1.165, 1.54) is 12.1 Å². The van der Waals surface area contributed by atoms with E-state index < -0.39 is 39.7 Å².